The maximum atomic E-state index is 12.4. The second kappa shape index (κ2) is 4.48. The van der Waals surface area contributed by atoms with Gasteiger partial charge in [-0.25, -0.2) is 0 Å². The molecule has 0 spiro atoms. The molecule has 1 unspecified atom stereocenters. The molecular weight excluding hydrogens is 230 g/mol. The van der Waals surface area contributed by atoms with E-state index in [1.807, 2.05) is 13.8 Å². The summed E-state index contributed by atoms with van der Waals surface area (Å²) in [7, 11) is 0. The van der Waals surface area contributed by atoms with Crippen molar-refractivity contribution in [2.45, 2.75) is 53.5 Å². The predicted molar refractivity (Wildman–Crippen MR) is 68.7 cm³/mol. The third kappa shape index (κ3) is 2.08. The van der Waals surface area contributed by atoms with E-state index in [1.165, 1.54) is 4.90 Å². The lowest BCUT2D eigenvalue weighted by Gasteiger charge is -2.43. The van der Waals surface area contributed by atoms with E-state index in [9.17, 15) is 14.4 Å². The van der Waals surface area contributed by atoms with E-state index in [-0.39, 0.29) is 30.1 Å². The van der Waals surface area contributed by atoms with Crippen LogP contribution in [0, 0.1) is 17.3 Å². The molecule has 1 aliphatic heterocycles. The van der Waals surface area contributed by atoms with Crippen molar-refractivity contribution < 1.29 is 14.4 Å². The third-order valence-electron chi connectivity index (χ3n) is 4.42. The van der Waals surface area contributed by atoms with Gasteiger partial charge in [0.25, 0.3) is 0 Å². The van der Waals surface area contributed by atoms with E-state index >= 15 is 0 Å². The van der Waals surface area contributed by atoms with Crippen LogP contribution in [0.1, 0.15) is 48.0 Å². The Morgan fingerprint density at radius 2 is 1.72 bits per heavy atom. The van der Waals surface area contributed by atoms with Crippen LogP contribution < -0.4 is 0 Å². The van der Waals surface area contributed by atoms with Crippen LogP contribution in [-0.4, -0.2) is 28.5 Å². The maximum absolute atomic E-state index is 12.4. The van der Waals surface area contributed by atoms with Crippen molar-refractivity contribution in [3.05, 3.63) is 0 Å². The van der Waals surface area contributed by atoms with Gasteiger partial charge in [0.1, 0.15) is 6.29 Å². The van der Waals surface area contributed by atoms with Crippen molar-refractivity contribution in [2.75, 3.05) is 0 Å². The van der Waals surface area contributed by atoms with Gasteiger partial charge in [0.15, 0.2) is 0 Å². The minimum Gasteiger partial charge on any atom is -0.303 e. The molecule has 4 nitrogen and oxygen atoms in total. The van der Waals surface area contributed by atoms with Crippen LogP contribution in [0.2, 0.25) is 0 Å². The number of amides is 2. The van der Waals surface area contributed by atoms with Crippen molar-refractivity contribution in [1.29, 1.82) is 0 Å². The molecule has 102 valence electrons. The summed E-state index contributed by atoms with van der Waals surface area (Å²) in [5.74, 6) is -0.422. The van der Waals surface area contributed by atoms with Gasteiger partial charge in [0.05, 0.1) is 5.54 Å². The number of hydrogen-bond acceptors (Lipinski definition) is 3. The summed E-state index contributed by atoms with van der Waals surface area (Å²) >= 11 is 0. The predicted octanol–water partition coefficient (Wildman–Crippen LogP) is 2.02. The zero-order chi connectivity index (χ0) is 14.3. The van der Waals surface area contributed by atoms with Gasteiger partial charge in [0.2, 0.25) is 11.8 Å². The number of aldehydes is 1. The fourth-order valence-electron chi connectivity index (χ4n) is 2.20. The fraction of sp³-hybridized carbons (Fsp3) is 0.786. The molecule has 4 heteroatoms. The van der Waals surface area contributed by atoms with Crippen LogP contribution in [0.4, 0.5) is 0 Å². The van der Waals surface area contributed by atoms with Gasteiger partial charge >= 0.3 is 0 Å². The Labute approximate surface area is 109 Å². The zero-order valence-electron chi connectivity index (χ0n) is 12.1. The van der Waals surface area contributed by atoms with Crippen molar-refractivity contribution in [2.24, 2.45) is 17.3 Å². The number of nitrogens with zero attached hydrogens (tertiary/aromatic N) is 1. The molecule has 1 fully saturated rings. The van der Waals surface area contributed by atoms with E-state index < -0.39 is 11.0 Å². The monoisotopic (exact) mass is 253 g/mol. The second-order valence-corrected chi connectivity index (χ2v) is 6.52. The Hall–Kier alpha value is -1.19. The molecule has 0 aliphatic carbocycles. The summed E-state index contributed by atoms with van der Waals surface area (Å²) in [6.07, 6.45) is 1.07. The van der Waals surface area contributed by atoms with Crippen LogP contribution in [0.3, 0.4) is 0 Å². The first kappa shape index (κ1) is 14.9. The molecular formula is C14H23NO3. The Morgan fingerprint density at radius 3 is 2.06 bits per heavy atom. The summed E-state index contributed by atoms with van der Waals surface area (Å²) in [4.78, 5) is 37.0. The van der Waals surface area contributed by atoms with Crippen molar-refractivity contribution in [1.82, 2.24) is 4.90 Å². The van der Waals surface area contributed by atoms with E-state index in [2.05, 4.69) is 0 Å². The van der Waals surface area contributed by atoms with Crippen molar-refractivity contribution in [3.63, 3.8) is 0 Å². The van der Waals surface area contributed by atoms with Gasteiger partial charge < -0.3 is 4.79 Å². The van der Waals surface area contributed by atoms with Crippen molar-refractivity contribution >= 4 is 18.1 Å². The summed E-state index contributed by atoms with van der Waals surface area (Å²) in [5.41, 5.74) is -1.56. The first-order valence-corrected chi connectivity index (χ1v) is 6.39. The molecule has 0 saturated carbocycles. The second-order valence-electron chi connectivity index (χ2n) is 6.52. The average Bonchev–Trinajstić information content (AvgIpc) is 2.54. The summed E-state index contributed by atoms with van der Waals surface area (Å²) in [6, 6.07) is 0. The number of imide groups is 1. The van der Waals surface area contributed by atoms with Gasteiger partial charge in [0, 0.05) is 17.8 Å². The van der Waals surface area contributed by atoms with E-state index in [0.29, 0.717) is 0 Å². The van der Waals surface area contributed by atoms with Gasteiger partial charge in [-0.3, -0.25) is 14.5 Å². The van der Waals surface area contributed by atoms with Crippen LogP contribution in [0.25, 0.3) is 0 Å². The standard InChI is InChI=1S/C14H23NO3/c1-9(2)10-7-11(17)15(12(10)18)14(5,6)13(3,4)8-16/h8-10H,7H2,1-6H3. The minimum absolute atomic E-state index is 0.140. The highest BCUT2D eigenvalue weighted by Gasteiger charge is 2.52. The van der Waals surface area contributed by atoms with Crippen LogP contribution in [0.5, 0.6) is 0 Å². The molecule has 1 saturated heterocycles. The normalized spacial score (nSPS) is 21.9. The Kier molecular flexibility index (Phi) is 3.70. The molecule has 1 atom stereocenters. The summed E-state index contributed by atoms with van der Waals surface area (Å²) in [6.45, 7) is 10.9. The Morgan fingerprint density at radius 1 is 1.22 bits per heavy atom. The lowest BCUT2D eigenvalue weighted by Crippen LogP contribution is -2.57. The molecule has 0 bridgehead atoms. The molecule has 0 aromatic heterocycles. The third-order valence-corrected chi connectivity index (χ3v) is 4.42. The smallest absolute Gasteiger partial charge is 0.233 e. The highest BCUT2D eigenvalue weighted by Crippen LogP contribution is 2.39. The maximum Gasteiger partial charge on any atom is 0.233 e. The SMILES string of the molecule is CC(C)C1CC(=O)N(C(C)(C)C(C)(C)C=O)C1=O. The minimum atomic E-state index is -0.799. The molecule has 1 aliphatic rings. The highest BCUT2D eigenvalue weighted by molar-refractivity contribution is 6.04. The average molecular weight is 253 g/mol. The fourth-order valence-corrected chi connectivity index (χ4v) is 2.20. The molecule has 0 aromatic carbocycles. The van der Waals surface area contributed by atoms with Crippen LogP contribution in [0.15, 0.2) is 0 Å². The number of rotatable bonds is 4. The largest absolute Gasteiger partial charge is 0.303 e. The zero-order valence-corrected chi connectivity index (χ0v) is 12.1. The topological polar surface area (TPSA) is 54.5 Å². The lowest BCUT2D eigenvalue weighted by atomic mass is 9.74. The molecule has 0 aromatic rings. The molecule has 0 N–H and O–H groups in total. The first-order valence-electron chi connectivity index (χ1n) is 6.39. The Balaban J connectivity index is 3.14. The quantitative estimate of drug-likeness (QED) is 0.569. The summed E-state index contributed by atoms with van der Waals surface area (Å²) < 4.78 is 0. The summed E-state index contributed by atoms with van der Waals surface area (Å²) in [5, 5.41) is 0. The van der Waals surface area contributed by atoms with Gasteiger partial charge in [-0.05, 0) is 19.8 Å². The molecule has 18 heavy (non-hydrogen) atoms. The lowest BCUT2D eigenvalue weighted by molar-refractivity contribution is -0.151. The van der Waals surface area contributed by atoms with E-state index in [1.54, 1.807) is 27.7 Å². The van der Waals surface area contributed by atoms with E-state index in [0.717, 1.165) is 6.29 Å². The van der Waals surface area contributed by atoms with Crippen molar-refractivity contribution in [3.8, 4) is 0 Å². The number of likely N-dealkylation sites (tertiary alicyclic amines) is 1. The first-order chi connectivity index (χ1) is 8.06. The number of carbonyl (C=O) groups excluding carboxylic acids is 3. The number of carbonyl (C=O) groups is 3. The molecule has 1 rings (SSSR count). The van der Waals surface area contributed by atoms with Crippen LogP contribution in [-0.2, 0) is 14.4 Å². The molecule has 1 heterocycles. The van der Waals surface area contributed by atoms with Gasteiger partial charge in [-0.2, -0.15) is 0 Å². The van der Waals surface area contributed by atoms with Gasteiger partial charge in [-0.15, -0.1) is 0 Å². The van der Waals surface area contributed by atoms with Crippen LogP contribution >= 0.6 is 0 Å². The Bertz CT molecular complexity index is 383. The van der Waals surface area contributed by atoms with Gasteiger partial charge in [-0.1, -0.05) is 27.7 Å². The highest BCUT2D eigenvalue weighted by atomic mass is 16.2. The van der Waals surface area contributed by atoms with E-state index in [4.69, 9.17) is 0 Å². The molecule has 0 radical (unpaired) electrons. The number of hydrogen-bond donors (Lipinski definition) is 0. The molecule has 2 amide bonds.